The van der Waals surface area contributed by atoms with Gasteiger partial charge in [-0.05, 0) is 50.3 Å². The van der Waals surface area contributed by atoms with Gasteiger partial charge in [-0.15, -0.1) is 0 Å². The molecule has 1 unspecified atom stereocenters. The van der Waals surface area contributed by atoms with E-state index in [9.17, 15) is 13.2 Å². The van der Waals surface area contributed by atoms with Crippen molar-refractivity contribution in [2.24, 2.45) is 5.73 Å². The molecule has 0 radical (unpaired) electrons. The fourth-order valence-electron chi connectivity index (χ4n) is 3.04. The fourth-order valence-corrected chi connectivity index (χ4v) is 4.56. The highest BCUT2D eigenvalue weighted by molar-refractivity contribution is 7.89. The number of sulfonamides is 1. The van der Waals surface area contributed by atoms with Gasteiger partial charge >= 0.3 is 0 Å². The summed E-state index contributed by atoms with van der Waals surface area (Å²) >= 11 is 0. The largest absolute Gasteiger partial charge is 0.356 e. The first kappa shape index (κ1) is 20.9. The molecule has 2 rings (SSSR count). The molecule has 1 aliphatic rings. The number of carbonyl (C=O) groups excluding carboxylic acids is 1. The molecule has 0 spiro atoms. The van der Waals surface area contributed by atoms with Crippen molar-refractivity contribution in [3.8, 4) is 0 Å². The summed E-state index contributed by atoms with van der Waals surface area (Å²) < 4.78 is 27.1. The number of aryl methyl sites for hydroxylation is 1. The molecule has 1 saturated heterocycles. The molecule has 1 aromatic rings. The first-order valence-corrected chi connectivity index (χ1v) is 10.9. The lowest BCUT2D eigenvalue weighted by molar-refractivity contribution is -0.121. The van der Waals surface area contributed by atoms with Crippen molar-refractivity contribution in [2.45, 2.75) is 62.8 Å². The monoisotopic (exact) mass is 381 g/mol. The van der Waals surface area contributed by atoms with Gasteiger partial charge in [-0.25, -0.2) is 8.42 Å². The molecule has 0 aliphatic carbocycles. The van der Waals surface area contributed by atoms with Crippen molar-refractivity contribution in [3.63, 3.8) is 0 Å². The van der Waals surface area contributed by atoms with Gasteiger partial charge in [0.05, 0.1) is 4.90 Å². The van der Waals surface area contributed by atoms with Gasteiger partial charge in [0, 0.05) is 32.1 Å². The number of hydrogen-bond donors (Lipinski definition) is 2. The van der Waals surface area contributed by atoms with Gasteiger partial charge in [0.15, 0.2) is 0 Å². The van der Waals surface area contributed by atoms with E-state index >= 15 is 0 Å². The topological polar surface area (TPSA) is 92.5 Å². The minimum atomic E-state index is -3.41. The number of rotatable bonds is 8. The summed E-state index contributed by atoms with van der Waals surface area (Å²) in [5.41, 5.74) is 6.61. The average molecular weight is 382 g/mol. The van der Waals surface area contributed by atoms with Crippen LogP contribution in [0, 0.1) is 0 Å². The van der Waals surface area contributed by atoms with Crippen LogP contribution in [-0.4, -0.2) is 44.3 Å². The molecule has 6 nitrogen and oxygen atoms in total. The standard InChI is InChI=1S/C19H31N3O3S/c1-16(20)12-13-21-19(23)11-8-17-6-9-18(10-7-17)26(24,25)22-14-4-2-3-5-15-22/h6-7,9-10,16H,2-5,8,11-15,20H2,1H3,(H,21,23). The molecular weight excluding hydrogens is 350 g/mol. The highest BCUT2D eigenvalue weighted by Crippen LogP contribution is 2.21. The van der Waals surface area contributed by atoms with Gasteiger partial charge in [0.1, 0.15) is 0 Å². The molecule has 26 heavy (non-hydrogen) atoms. The van der Waals surface area contributed by atoms with Crippen molar-refractivity contribution in [2.75, 3.05) is 19.6 Å². The van der Waals surface area contributed by atoms with E-state index in [4.69, 9.17) is 5.73 Å². The maximum Gasteiger partial charge on any atom is 0.243 e. The molecule has 7 heteroatoms. The number of nitrogens with two attached hydrogens (primary N) is 1. The predicted octanol–water partition coefficient (Wildman–Crippen LogP) is 2.04. The Bertz CT molecular complexity index is 664. The number of benzene rings is 1. The molecule has 1 aromatic carbocycles. The van der Waals surface area contributed by atoms with E-state index < -0.39 is 10.0 Å². The van der Waals surface area contributed by atoms with Crippen molar-refractivity contribution in [1.29, 1.82) is 0 Å². The number of nitrogens with zero attached hydrogens (tertiary/aromatic N) is 1. The van der Waals surface area contributed by atoms with E-state index in [1.165, 1.54) is 0 Å². The molecule has 1 amide bonds. The van der Waals surface area contributed by atoms with Crippen molar-refractivity contribution in [3.05, 3.63) is 29.8 Å². The van der Waals surface area contributed by atoms with Gasteiger partial charge in [-0.1, -0.05) is 25.0 Å². The highest BCUT2D eigenvalue weighted by atomic mass is 32.2. The summed E-state index contributed by atoms with van der Waals surface area (Å²) in [6.45, 7) is 3.70. The SMILES string of the molecule is CC(N)CCNC(=O)CCc1ccc(S(=O)(=O)N2CCCCCC2)cc1. The summed E-state index contributed by atoms with van der Waals surface area (Å²) in [5, 5.41) is 2.85. The van der Waals surface area contributed by atoms with Crippen molar-refractivity contribution >= 4 is 15.9 Å². The lowest BCUT2D eigenvalue weighted by Gasteiger charge is -2.20. The minimum absolute atomic E-state index is 0.00749. The molecule has 146 valence electrons. The fraction of sp³-hybridized carbons (Fsp3) is 0.632. The smallest absolute Gasteiger partial charge is 0.243 e. The zero-order chi connectivity index (χ0) is 19.0. The van der Waals surface area contributed by atoms with Gasteiger partial charge in [0.2, 0.25) is 15.9 Å². The molecule has 1 fully saturated rings. The second-order valence-electron chi connectivity index (χ2n) is 7.08. The Labute approximate surface area is 157 Å². The maximum absolute atomic E-state index is 12.7. The van der Waals surface area contributed by atoms with Gasteiger partial charge < -0.3 is 11.1 Å². The Morgan fingerprint density at radius 1 is 1.15 bits per heavy atom. The van der Waals surface area contributed by atoms with E-state index in [1.807, 2.05) is 6.92 Å². The third-order valence-corrected chi connectivity index (χ3v) is 6.60. The van der Waals surface area contributed by atoms with Crippen LogP contribution in [0.5, 0.6) is 0 Å². The third kappa shape index (κ3) is 6.37. The van der Waals surface area contributed by atoms with Gasteiger partial charge in [-0.3, -0.25) is 4.79 Å². The molecule has 3 N–H and O–H groups in total. The number of carbonyl (C=O) groups is 1. The van der Waals surface area contributed by atoms with Crippen LogP contribution in [0.25, 0.3) is 0 Å². The summed E-state index contributed by atoms with van der Waals surface area (Å²) in [6, 6.07) is 7.00. The lowest BCUT2D eigenvalue weighted by atomic mass is 10.1. The molecule has 1 atom stereocenters. The van der Waals surface area contributed by atoms with E-state index in [0.717, 1.165) is 37.7 Å². The third-order valence-electron chi connectivity index (χ3n) is 4.69. The van der Waals surface area contributed by atoms with E-state index in [1.54, 1.807) is 28.6 Å². The van der Waals surface area contributed by atoms with Crippen LogP contribution in [0.2, 0.25) is 0 Å². The summed E-state index contributed by atoms with van der Waals surface area (Å²) in [7, 11) is -3.41. The molecule has 0 bridgehead atoms. The molecule has 0 saturated carbocycles. The molecule has 0 aromatic heterocycles. The molecule has 1 aliphatic heterocycles. The van der Waals surface area contributed by atoms with Crippen molar-refractivity contribution < 1.29 is 13.2 Å². The number of amides is 1. The second kappa shape index (κ2) is 10.0. The van der Waals surface area contributed by atoms with Gasteiger partial charge in [-0.2, -0.15) is 4.31 Å². The van der Waals surface area contributed by atoms with Crippen LogP contribution in [0.4, 0.5) is 0 Å². The Morgan fingerprint density at radius 3 is 2.35 bits per heavy atom. The highest BCUT2D eigenvalue weighted by Gasteiger charge is 2.24. The van der Waals surface area contributed by atoms with E-state index in [2.05, 4.69) is 5.32 Å². The van der Waals surface area contributed by atoms with E-state index in [0.29, 0.717) is 37.4 Å². The van der Waals surface area contributed by atoms with Crippen LogP contribution in [0.15, 0.2) is 29.2 Å². The van der Waals surface area contributed by atoms with Crippen molar-refractivity contribution in [1.82, 2.24) is 9.62 Å². The Balaban J connectivity index is 1.88. The van der Waals surface area contributed by atoms with Crippen LogP contribution in [0.1, 0.15) is 51.0 Å². The van der Waals surface area contributed by atoms with Crippen LogP contribution < -0.4 is 11.1 Å². The quantitative estimate of drug-likeness (QED) is 0.721. The first-order chi connectivity index (χ1) is 12.4. The summed E-state index contributed by atoms with van der Waals surface area (Å²) in [5.74, 6) is -0.00749. The average Bonchev–Trinajstić information content (AvgIpc) is 2.90. The number of hydrogen-bond acceptors (Lipinski definition) is 4. The minimum Gasteiger partial charge on any atom is -0.356 e. The Morgan fingerprint density at radius 2 is 1.77 bits per heavy atom. The first-order valence-electron chi connectivity index (χ1n) is 9.51. The Kier molecular flexibility index (Phi) is 8.06. The zero-order valence-electron chi connectivity index (χ0n) is 15.6. The number of nitrogens with one attached hydrogen (secondary N) is 1. The molecule has 1 heterocycles. The van der Waals surface area contributed by atoms with Gasteiger partial charge in [0.25, 0.3) is 0 Å². The molecular formula is C19H31N3O3S. The zero-order valence-corrected chi connectivity index (χ0v) is 16.4. The summed E-state index contributed by atoms with van der Waals surface area (Å²) in [4.78, 5) is 12.1. The second-order valence-corrected chi connectivity index (χ2v) is 9.02. The summed E-state index contributed by atoms with van der Waals surface area (Å²) in [6.07, 6.45) is 5.78. The van der Waals surface area contributed by atoms with Crippen LogP contribution in [-0.2, 0) is 21.2 Å². The van der Waals surface area contributed by atoms with Crippen LogP contribution >= 0.6 is 0 Å². The maximum atomic E-state index is 12.7. The predicted molar refractivity (Wildman–Crippen MR) is 103 cm³/mol. The Hall–Kier alpha value is -1.44. The van der Waals surface area contributed by atoms with E-state index in [-0.39, 0.29) is 11.9 Å². The lowest BCUT2D eigenvalue weighted by Crippen LogP contribution is -2.31. The normalized spacial score (nSPS) is 17.5. The van der Waals surface area contributed by atoms with Crippen LogP contribution in [0.3, 0.4) is 0 Å².